The Morgan fingerprint density at radius 3 is 2.67 bits per heavy atom. The van der Waals surface area contributed by atoms with Gasteiger partial charge in [-0.3, -0.25) is 0 Å². The zero-order valence-electron chi connectivity index (χ0n) is 14.8. The van der Waals surface area contributed by atoms with E-state index in [9.17, 15) is 0 Å². The summed E-state index contributed by atoms with van der Waals surface area (Å²) in [5, 5.41) is 12.6. The molecule has 0 amide bonds. The van der Waals surface area contributed by atoms with E-state index in [0.29, 0.717) is 6.61 Å². The van der Waals surface area contributed by atoms with Gasteiger partial charge in [0.05, 0.1) is 11.4 Å². The summed E-state index contributed by atoms with van der Waals surface area (Å²) in [7, 11) is 0. The smallest absolute Gasteiger partial charge is 0.133 e. The van der Waals surface area contributed by atoms with E-state index in [0.717, 1.165) is 41.5 Å². The number of thiophene rings is 1. The lowest BCUT2D eigenvalue weighted by Crippen LogP contribution is -2.04. The Bertz CT molecular complexity index is 1040. The first-order valence-corrected chi connectivity index (χ1v) is 9.98. The maximum Gasteiger partial charge on any atom is 0.133 e. The van der Waals surface area contributed by atoms with Crippen LogP contribution in [0.25, 0.3) is 16.9 Å². The van der Waals surface area contributed by atoms with E-state index in [1.165, 1.54) is 11.1 Å². The lowest BCUT2D eigenvalue weighted by Gasteiger charge is -2.09. The summed E-state index contributed by atoms with van der Waals surface area (Å²) in [4.78, 5) is 0. The van der Waals surface area contributed by atoms with E-state index in [4.69, 9.17) is 9.84 Å². The molecule has 0 saturated carbocycles. The molecule has 0 saturated heterocycles. The molecule has 1 aliphatic rings. The second-order valence-electron chi connectivity index (χ2n) is 6.54. The molecule has 0 spiro atoms. The highest BCUT2D eigenvalue weighted by Crippen LogP contribution is 2.35. The first-order valence-electron chi connectivity index (χ1n) is 9.04. The number of aromatic nitrogens is 2. The average Bonchev–Trinajstić information content (AvgIpc) is 3.45. The fourth-order valence-electron chi connectivity index (χ4n) is 3.42. The van der Waals surface area contributed by atoms with E-state index in [1.54, 1.807) is 11.3 Å². The monoisotopic (exact) mass is 373 g/mol. The zero-order valence-corrected chi connectivity index (χ0v) is 15.6. The molecule has 4 nitrogen and oxygen atoms in total. The molecule has 0 unspecified atom stereocenters. The Balaban J connectivity index is 1.40. The molecule has 5 rings (SSSR count). The number of benzene rings is 2. The maximum absolute atomic E-state index is 5.90. The number of fused-ring (bicyclic) bond motifs is 1. The van der Waals surface area contributed by atoms with Crippen LogP contribution < -0.4 is 10.1 Å². The Hall–Kier alpha value is -3.05. The Morgan fingerprint density at radius 2 is 1.89 bits per heavy atom. The summed E-state index contributed by atoms with van der Waals surface area (Å²) >= 11 is 1.70. The van der Waals surface area contributed by atoms with Gasteiger partial charge in [0.2, 0.25) is 0 Å². The second kappa shape index (κ2) is 6.93. The van der Waals surface area contributed by atoms with Crippen LogP contribution in [0.4, 0.5) is 5.82 Å². The van der Waals surface area contributed by atoms with Crippen molar-refractivity contribution in [1.82, 2.24) is 9.78 Å². The van der Waals surface area contributed by atoms with Crippen molar-refractivity contribution in [2.45, 2.75) is 13.0 Å². The summed E-state index contributed by atoms with van der Waals surface area (Å²) in [5.74, 6) is 1.96. The molecular formula is C22H19N3OS. The van der Waals surface area contributed by atoms with Gasteiger partial charge >= 0.3 is 0 Å². The Labute approximate surface area is 162 Å². The first kappa shape index (κ1) is 16.1. The molecule has 0 atom stereocenters. The Morgan fingerprint density at radius 1 is 1.04 bits per heavy atom. The topological polar surface area (TPSA) is 39.1 Å². The van der Waals surface area contributed by atoms with E-state index in [1.807, 2.05) is 35.0 Å². The van der Waals surface area contributed by atoms with E-state index >= 15 is 0 Å². The van der Waals surface area contributed by atoms with Crippen LogP contribution in [0.15, 0.2) is 71.4 Å². The molecule has 0 fully saturated rings. The van der Waals surface area contributed by atoms with Crippen LogP contribution >= 0.6 is 11.3 Å². The lowest BCUT2D eigenvalue weighted by molar-refractivity contribution is 0.306. The van der Waals surface area contributed by atoms with Gasteiger partial charge in [0, 0.05) is 23.1 Å². The molecular weight excluding hydrogens is 354 g/mol. The minimum Gasteiger partial charge on any atom is -0.489 e. The van der Waals surface area contributed by atoms with Crippen molar-refractivity contribution in [2.24, 2.45) is 0 Å². The number of nitrogens with zero attached hydrogens (tertiary/aromatic N) is 2. The molecule has 5 heteroatoms. The van der Waals surface area contributed by atoms with Gasteiger partial charge in [-0.25, -0.2) is 4.68 Å². The van der Waals surface area contributed by atoms with Crippen LogP contribution in [0.1, 0.15) is 11.1 Å². The van der Waals surface area contributed by atoms with Crippen molar-refractivity contribution in [2.75, 3.05) is 11.9 Å². The van der Waals surface area contributed by atoms with Crippen molar-refractivity contribution < 1.29 is 4.74 Å². The average molecular weight is 373 g/mol. The normalized spacial score (nSPS) is 12.6. The van der Waals surface area contributed by atoms with Crippen molar-refractivity contribution in [3.63, 3.8) is 0 Å². The first-order chi connectivity index (χ1) is 13.4. The molecule has 0 aliphatic carbocycles. The molecule has 2 aromatic carbocycles. The van der Waals surface area contributed by atoms with E-state index in [2.05, 4.69) is 46.4 Å². The van der Waals surface area contributed by atoms with Gasteiger partial charge in [0.15, 0.2) is 0 Å². The van der Waals surface area contributed by atoms with Gasteiger partial charge in [0.1, 0.15) is 18.2 Å². The highest BCUT2D eigenvalue weighted by atomic mass is 32.1. The number of ether oxygens (including phenoxy) is 1. The molecule has 0 bridgehead atoms. The SMILES string of the molecule is c1ccc(COc2ccc(-n3nc(-c4ccsc4)c4c3NCC4)cc2)cc1. The Kier molecular flexibility index (Phi) is 4.14. The molecule has 2 aromatic heterocycles. The highest BCUT2D eigenvalue weighted by Gasteiger charge is 2.24. The number of anilines is 1. The molecule has 27 heavy (non-hydrogen) atoms. The fraction of sp³-hybridized carbons (Fsp3) is 0.136. The third-order valence-corrected chi connectivity index (χ3v) is 5.46. The number of nitrogens with one attached hydrogen (secondary N) is 1. The number of hydrogen-bond donors (Lipinski definition) is 1. The summed E-state index contributed by atoms with van der Waals surface area (Å²) in [5.41, 5.74) is 5.78. The van der Waals surface area contributed by atoms with Crippen molar-refractivity contribution >= 4 is 17.2 Å². The van der Waals surface area contributed by atoms with Crippen LogP contribution in [-0.4, -0.2) is 16.3 Å². The predicted octanol–water partition coefficient (Wildman–Crippen LogP) is 5.15. The largest absolute Gasteiger partial charge is 0.489 e. The van der Waals surface area contributed by atoms with Gasteiger partial charge in [0.25, 0.3) is 0 Å². The molecule has 1 N–H and O–H groups in total. The van der Waals surface area contributed by atoms with E-state index < -0.39 is 0 Å². The van der Waals surface area contributed by atoms with Gasteiger partial charge < -0.3 is 10.1 Å². The van der Waals surface area contributed by atoms with Gasteiger partial charge in [-0.15, -0.1) is 0 Å². The minimum atomic E-state index is 0.571. The minimum absolute atomic E-state index is 0.571. The standard InChI is InChI=1S/C22H19N3OS/c1-2-4-16(5-3-1)14-26-19-8-6-18(7-9-19)25-22-20(10-12-23-22)21(24-25)17-11-13-27-15-17/h1-9,11,13,15,23H,10,12,14H2. The fourth-order valence-corrected chi connectivity index (χ4v) is 4.06. The summed E-state index contributed by atoms with van der Waals surface area (Å²) < 4.78 is 7.91. The van der Waals surface area contributed by atoms with Crippen LogP contribution in [0.5, 0.6) is 5.75 Å². The van der Waals surface area contributed by atoms with Crippen LogP contribution in [0, 0.1) is 0 Å². The zero-order chi connectivity index (χ0) is 18.1. The number of hydrogen-bond acceptors (Lipinski definition) is 4. The van der Waals surface area contributed by atoms with Crippen LogP contribution in [0.2, 0.25) is 0 Å². The third kappa shape index (κ3) is 3.11. The van der Waals surface area contributed by atoms with Crippen LogP contribution in [-0.2, 0) is 13.0 Å². The second-order valence-corrected chi connectivity index (χ2v) is 7.32. The molecule has 3 heterocycles. The third-order valence-electron chi connectivity index (χ3n) is 4.78. The van der Waals surface area contributed by atoms with E-state index in [-0.39, 0.29) is 0 Å². The van der Waals surface area contributed by atoms with Crippen molar-refractivity contribution in [3.8, 4) is 22.7 Å². The summed E-state index contributed by atoms with van der Waals surface area (Å²) in [6, 6.07) is 20.5. The molecule has 0 radical (unpaired) electrons. The lowest BCUT2D eigenvalue weighted by atomic mass is 10.1. The quantitative estimate of drug-likeness (QED) is 0.526. The molecule has 1 aliphatic heterocycles. The maximum atomic E-state index is 5.90. The van der Waals surface area contributed by atoms with Gasteiger partial charge in [-0.2, -0.15) is 16.4 Å². The van der Waals surface area contributed by atoms with Crippen molar-refractivity contribution in [3.05, 3.63) is 82.6 Å². The summed E-state index contributed by atoms with van der Waals surface area (Å²) in [6.45, 7) is 1.53. The molecule has 134 valence electrons. The highest BCUT2D eigenvalue weighted by molar-refractivity contribution is 7.08. The summed E-state index contributed by atoms with van der Waals surface area (Å²) in [6.07, 6.45) is 1.01. The molecule has 4 aromatic rings. The van der Waals surface area contributed by atoms with Gasteiger partial charge in [-0.05, 0) is 47.7 Å². The van der Waals surface area contributed by atoms with Gasteiger partial charge in [-0.1, -0.05) is 30.3 Å². The van der Waals surface area contributed by atoms with Crippen LogP contribution in [0.3, 0.4) is 0 Å². The predicted molar refractivity (Wildman–Crippen MR) is 110 cm³/mol. The number of rotatable bonds is 5. The van der Waals surface area contributed by atoms with Crippen molar-refractivity contribution in [1.29, 1.82) is 0 Å².